The number of benzene rings is 2. The van der Waals surface area contributed by atoms with Crippen LogP contribution in [0.15, 0.2) is 48.5 Å². The molecule has 0 aromatic heterocycles. The molecule has 4 N–H and O–H groups in total. The molecule has 4 rings (SSSR count). The van der Waals surface area contributed by atoms with Gasteiger partial charge < -0.3 is 4.90 Å². The zero-order valence-electron chi connectivity index (χ0n) is 18.0. The Labute approximate surface area is 193 Å². The van der Waals surface area contributed by atoms with Gasteiger partial charge in [0.05, 0.1) is 17.6 Å². The smallest absolute Gasteiger partial charge is 0.229 e. The van der Waals surface area contributed by atoms with Gasteiger partial charge >= 0.3 is 0 Å². The lowest BCUT2D eigenvalue weighted by atomic mass is 9.66. The summed E-state index contributed by atoms with van der Waals surface area (Å²) in [5, 5.41) is 1.39. The van der Waals surface area contributed by atoms with Crippen LogP contribution in [0.1, 0.15) is 56.7 Å². The van der Waals surface area contributed by atoms with Crippen LogP contribution in [-0.4, -0.2) is 23.0 Å². The molecule has 8 heteroatoms. The van der Waals surface area contributed by atoms with Crippen molar-refractivity contribution in [2.24, 2.45) is 5.41 Å². The molecule has 3 atom stereocenters. The van der Waals surface area contributed by atoms with E-state index in [4.69, 9.17) is 23.2 Å². The minimum atomic E-state index is -0.557. The highest BCUT2D eigenvalue weighted by Gasteiger charge is 2.51. The van der Waals surface area contributed by atoms with Gasteiger partial charge in [0.15, 0.2) is 0 Å². The predicted octanol–water partition coefficient (Wildman–Crippen LogP) is 4.30. The van der Waals surface area contributed by atoms with Gasteiger partial charge in [-0.1, -0.05) is 54.4 Å². The number of hydrogen-bond acceptors (Lipinski definition) is 5. The lowest BCUT2D eigenvalue weighted by molar-refractivity contribution is -0.154. The van der Waals surface area contributed by atoms with Gasteiger partial charge in [0.1, 0.15) is 0 Å². The Morgan fingerprint density at radius 3 is 2.32 bits per heavy atom. The van der Waals surface area contributed by atoms with Crippen molar-refractivity contribution in [2.75, 3.05) is 0 Å². The minimum absolute atomic E-state index is 0.0373. The maximum absolute atomic E-state index is 13.9. The quantitative estimate of drug-likeness (QED) is 0.534. The molecule has 0 spiro atoms. The number of hydrogen-bond donors (Lipinski definition) is 4. The van der Waals surface area contributed by atoms with E-state index in [1.807, 2.05) is 47.4 Å². The number of amides is 1. The molecule has 0 saturated carbocycles. The lowest BCUT2D eigenvalue weighted by Gasteiger charge is -2.51. The van der Waals surface area contributed by atoms with E-state index in [1.54, 1.807) is 0 Å². The van der Waals surface area contributed by atoms with Crippen LogP contribution in [0, 0.1) is 5.41 Å². The van der Waals surface area contributed by atoms with Gasteiger partial charge in [-0.2, -0.15) is 11.1 Å². The number of nitrogens with one attached hydrogen (secondary N) is 4. The topological polar surface area (TPSA) is 68.4 Å². The Bertz CT molecular complexity index is 932. The number of likely N-dealkylation sites (tertiary alicyclic amines) is 1. The molecule has 31 heavy (non-hydrogen) atoms. The molecule has 6 nitrogen and oxygen atoms in total. The van der Waals surface area contributed by atoms with Crippen LogP contribution in [0.4, 0.5) is 0 Å². The number of nitrogens with zero attached hydrogens (tertiary/aromatic N) is 1. The first-order valence-corrected chi connectivity index (χ1v) is 11.4. The van der Waals surface area contributed by atoms with Crippen molar-refractivity contribution in [3.8, 4) is 0 Å². The third kappa shape index (κ3) is 4.60. The molecule has 0 bridgehead atoms. The molecule has 2 heterocycles. The van der Waals surface area contributed by atoms with Gasteiger partial charge in [-0.15, -0.1) is 0 Å². The molecule has 2 fully saturated rings. The molecule has 2 aromatic carbocycles. The van der Waals surface area contributed by atoms with Crippen LogP contribution in [-0.2, 0) is 4.79 Å². The third-order valence-corrected chi connectivity index (χ3v) is 6.84. The van der Waals surface area contributed by atoms with E-state index in [0.717, 1.165) is 11.1 Å². The zero-order chi connectivity index (χ0) is 22.2. The minimum Gasteiger partial charge on any atom is -0.332 e. The van der Waals surface area contributed by atoms with Crippen LogP contribution in [0.3, 0.4) is 0 Å². The van der Waals surface area contributed by atoms with E-state index in [2.05, 4.69) is 48.8 Å². The fraction of sp³-hybridized carbons (Fsp3) is 0.435. The first-order chi connectivity index (χ1) is 14.8. The summed E-state index contributed by atoms with van der Waals surface area (Å²) < 4.78 is 0. The largest absolute Gasteiger partial charge is 0.332 e. The van der Waals surface area contributed by atoms with Crippen molar-refractivity contribution in [3.63, 3.8) is 0 Å². The average Bonchev–Trinajstić information content (AvgIpc) is 3.23. The number of hydrazine groups is 3. The summed E-state index contributed by atoms with van der Waals surface area (Å²) in [6, 6.07) is 15.8. The molecule has 1 amide bonds. The molecule has 2 aliphatic rings. The average molecular weight is 462 g/mol. The summed E-state index contributed by atoms with van der Waals surface area (Å²) in [5.41, 5.74) is 13.6. The molecule has 166 valence electrons. The number of halogens is 2. The second-order valence-corrected chi connectivity index (χ2v) is 9.90. The SMILES string of the molecule is CC(C)N1C(=O)[C@@](C)(CC2NNNN2)C[C@H](c2cccc(Cl)c2)[C@H]1c1ccc(Cl)cc1. The third-order valence-electron chi connectivity index (χ3n) is 6.36. The highest BCUT2D eigenvalue weighted by atomic mass is 35.5. The Hall–Kier alpha value is -1.67. The summed E-state index contributed by atoms with van der Waals surface area (Å²) in [4.78, 5) is 16.0. The van der Waals surface area contributed by atoms with E-state index in [1.165, 1.54) is 0 Å². The van der Waals surface area contributed by atoms with Gasteiger partial charge in [-0.05, 0) is 62.1 Å². The maximum atomic E-state index is 13.9. The van der Waals surface area contributed by atoms with Crippen LogP contribution < -0.4 is 21.9 Å². The Kier molecular flexibility index (Phi) is 6.58. The fourth-order valence-electron chi connectivity index (χ4n) is 4.97. The fourth-order valence-corrected chi connectivity index (χ4v) is 5.29. The molecule has 0 radical (unpaired) electrons. The van der Waals surface area contributed by atoms with Crippen molar-refractivity contribution >= 4 is 29.1 Å². The van der Waals surface area contributed by atoms with Crippen LogP contribution in [0.5, 0.6) is 0 Å². The summed E-state index contributed by atoms with van der Waals surface area (Å²) in [5.74, 6) is 0.253. The first-order valence-electron chi connectivity index (χ1n) is 10.6. The Morgan fingerprint density at radius 2 is 1.71 bits per heavy atom. The van der Waals surface area contributed by atoms with Gasteiger partial charge in [0, 0.05) is 22.0 Å². The highest BCUT2D eigenvalue weighted by molar-refractivity contribution is 6.30. The van der Waals surface area contributed by atoms with Gasteiger partial charge in [-0.25, -0.2) is 10.9 Å². The van der Waals surface area contributed by atoms with E-state index in [0.29, 0.717) is 22.9 Å². The number of rotatable bonds is 5. The monoisotopic (exact) mass is 461 g/mol. The summed E-state index contributed by atoms with van der Waals surface area (Å²) in [6.45, 7) is 6.23. The summed E-state index contributed by atoms with van der Waals surface area (Å²) in [6.07, 6.45) is 1.29. The normalized spacial score (nSPS) is 27.3. The second kappa shape index (κ2) is 9.06. The number of carbonyl (C=O) groups excluding carboxylic acids is 1. The lowest BCUT2D eigenvalue weighted by Crippen LogP contribution is -2.56. The Balaban J connectivity index is 1.80. The van der Waals surface area contributed by atoms with Crippen molar-refractivity contribution < 1.29 is 4.79 Å². The molecular weight excluding hydrogens is 433 g/mol. The Morgan fingerprint density at radius 1 is 1.03 bits per heavy atom. The molecule has 0 aliphatic carbocycles. The van der Waals surface area contributed by atoms with E-state index in [9.17, 15) is 4.79 Å². The second-order valence-electron chi connectivity index (χ2n) is 9.02. The van der Waals surface area contributed by atoms with Crippen LogP contribution in [0.2, 0.25) is 10.0 Å². The van der Waals surface area contributed by atoms with Crippen molar-refractivity contribution in [1.29, 1.82) is 0 Å². The summed E-state index contributed by atoms with van der Waals surface area (Å²) in [7, 11) is 0. The van der Waals surface area contributed by atoms with E-state index in [-0.39, 0.29) is 30.1 Å². The van der Waals surface area contributed by atoms with Crippen molar-refractivity contribution in [3.05, 3.63) is 69.7 Å². The standard InChI is InChI=1S/C23H29Cl2N5O/c1-14(2)30-21(15-7-9-17(24)10-8-15)19(16-5-4-6-18(25)11-16)12-23(3,22(30)31)13-20-26-28-29-27-20/h4-11,14,19-21,26-29H,12-13H2,1-3H3/t19-,21-,23-/m1/s1. The van der Waals surface area contributed by atoms with Crippen LogP contribution in [0.25, 0.3) is 0 Å². The molecular formula is C23H29Cl2N5O. The number of carbonyl (C=O) groups is 1. The van der Waals surface area contributed by atoms with Crippen molar-refractivity contribution in [2.45, 2.75) is 57.8 Å². The molecule has 0 unspecified atom stereocenters. The molecule has 2 aliphatic heterocycles. The molecule has 2 saturated heterocycles. The maximum Gasteiger partial charge on any atom is 0.229 e. The van der Waals surface area contributed by atoms with E-state index >= 15 is 0 Å². The molecule has 2 aromatic rings. The zero-order valence-corrected chi connectivity index (χ0v) is 19.5. The van der Waals surface area contributed by atoms with Crippen LogP contribution >= 0.6 is 23.2 Å². The predicted molar refractivity (Wildman–Crippen MR) is 124 cm³/mol. The van der Waals surface area contributed by atoms with Crippen molar-refractivity contribution in [1.82, 2.24) is 26.8 Å². The summed E-state index contributed by atoms with van der Waals surface area (Å²) >= 11 is 12.5. The van der Waals surface area contributed by atoms with Gasteiger partial charge in [0.2, 0.25) is 5.91 Å². The van der Waals surface area contributed by atoms with E-state index < -0.39 is 5.41 Å². The van der Waals surface area contributed by atoms with Gasteiger partial charge in [0.25, 0.3) is 0 Å². The first kappa shape index (κ1) is 22.5. The number of piperidine rings is 1. The highest BCUT2D eigenvalue weighted by Crippen LogP contribution is 2.52. The van der Waals surface area contributed by atoms with Gasteiger partial charge in [-0.3, -0.25) is 4.79 Å².